The minimum atomic E-state index is -3.98. The summed E-state index contributed by atoms with van der Waals surface area (Å²) in [4.78, 5) is 14.9. The first-order chi connectivity index (χ1) is 14.3. The summed E-state index contributed by atoms with van der Waals surface area (Å²) in [7, 11) is -3.98. The molecule has 0 bridgehead atoms. The molecule has 0 aromatic heterocycles. The fourth-order valence-electron chi connectivity index (χ4n) is 3.71. The second-order valence-electron chi connectivity index (χ2n) is 7.31. The number of fused-ring (bicyclic) bond motifs is 1. The van der Waals surface area contributed by atoms with E-state index in [1.54, 1.807) is 29.2 Å². The quantitative estimate of drug-likeness (QED) is 0.685. The highest BCUT2D eigenvalue weighted by atomic mass is 32.2. The standard InChI is InChI=1S/C23H21FN2O3S/c1-16-14-19(24)10-11-22(16)30(28,29)25-21-9-5-4-8-20(21)23(27)26-13-12-17-6-2-3-7-18(17)15-26/h2-11,14,25H,12-13,15H2,1H3. The number of nitrogens with zero attached hydrogens (tertiary/aromatic N) is 1. The van der Waals surface area contributed by atoms with Crippen LogP contribution in [0.2, 0.25) is 0 Å². The Labute approximate surface area is 175 Å². The fourth-order valence-corrected chi connectivity index (χ4v) is 5.02. The molecular weight excluding hydrogens is 403 g/mol. The van der Waals surface area contributed by atoms with Crippen LogP contribution in [0.15, 0.2) is 71.6 Å². The maximum absolute atomic E-state index is 13.4. The van der Waals surface area contributed by atoms with Crippen LogP contribution >= 0.6 is 0 Å². The maximum atomic E-state index is 13.4. The van der Waals surface area contributed by atoms with Gasteiger partial charge in [0, 0.05) is 13.1 Å². The zero-order valence-corrected chi connectivity index (χ0v) is 17.2. The second kappa shape index (κ2) is 7.91. The van der Waals surface area contributed by atoms with E-state index in [2.05, 4.69) is 10.8 Å². The topological polar surface area (TPSA) is 66.5 Å². The van der Waals surface area contributed by atoms with Crippen molar-refractivity contribution in [3.05, 3.63) is 94.8 Å². The number of nitrogens with one attached hydrogen (secondary N) is 1. The number of carbonyl (C=O) groups excluding carboxylic acids is 1. The minimum Gasteiger partial charge on any atom is -0.334 e. The molecule has 30 heavy (non-hydrogen) atoms. The maximum Gasteiger partial charge on any atom is 0.262 e. The summed E-state index contributed by atoms with van der Waals surface area (Å²) in [5, 5.41) is 0. The number of benzene rings is 3. The van der Waals surface area contributed by atoms with Gasteiger partial charge in [-0.1, -0.05) is 36.4 Å². The van der Waals surface area contributed by atoms with Gasteiger partial charge in [-0.05, 0) is 60.4 Å². The predicted octanol–water partition coefficient (Wildman–Crippen LogP) is 4.13. The summed E-state index contributed by atoms with van der Waals surface area (Å²) in [6, 6.07) is 18.0. The molecule has 0 saturated carbocycles. The van der Waals surface area contributed by atoms with Crippen molar-refractivity contribution in [2.24, 2.45) is 0 Å². The van der Waals surface area contributed by atoms with E-state index < -0.39 is 15.8 Å². The zero-order valence-electron chi connectivity index (χ0n) is 16.4. The van der Waals surface area contributed by atoms with E-state index >= 15 is 0 Å². The molecule has 0 fully saturated rings. The van der Waals surface area contributed by atoms with Crippen molar-refractivity contribution in [3.8, 4) is 0 Å². The molecule has 1 aliphatic rings. The van der Waals surface area contributed by atoms with E-state index in [0.29, 0.717) is 18.7 Å². The Morgan fingerprint density at radius 1 is 1.00 bits per heavy atom. The van der Waals surface area contributed by atoms with Gasteiger partial charge in [0.1, 0.15) is 5.82 Å². The number of hydrogen-bond donors (Lipinski definition) is 1. The number of para-hydroxylation sites is 1. The van der Waals surface area contributed by atoms with Crippen molar-refractivity contribution in [2.75, 3.05) is 11.3 Å². The van der Waals surface area contributed by atoms with Crippen molar-refractivity contribution >= 4 is 21.6 Å². The molecule has 0 atom stereocenters. The first-order valence-electron chi connectivity index (χ1n) is 9.59. The SMILES string of the molecule is Cc1cc(F)ccc1S(=O)(=O)Nc1ccccc1C(=O)N1CCc2ccccc2C1. The van der Waals surface area contributed by atoms with Crippen LogP contribution in [-0.4, -0.2) is 25.8 Å². The molecule has 7 heteroatoms. The summed E-state index contributed by atoms with van der Waals surface area (Å²) in [6.45, 7) is 2.57. The highest BCUT2D eigenvalue weighted by Crippen LogP contribution is 2.26. The molecule has 1 amide bonds. The first-order valence-corrected chi connectivity index (χ1v) is 11.1. The second-order valence-corrected chi connectivity index (χ2v) is 8.96. The minimum absolute atomic E-state index is 0.0296. The van der Waals surface area contributed by atoms with Gasteiger partial charge in [0.05, 0.1) is 16.1 Å². The fraction of sp³-hybridized carbons (Fsp3) is 0.174. The van der Waals surface area contributed by atoms with Gasteiger partial charge in [-0.15, -0.1) is 0 Å². The number of halogens is 1. The molecule has 0 unspecified atom stereocenters. The molecular formula is C23H21FN2O3S. The van der Waals surface area contributed by atoms with Crippen LogP contribution in [-0.2, 0) is 23.0 Å². The van der Waals surface area contributed by atoms with Gasteiger partial charge in [-0.25, -0.2) is 12.8 Å². The first kappa shape index (κ1) is 20.1. The van der Waals surface area contributed by atoms with E-state index in [-0.39, 0.29) is 22.1 Å². The highest BCUT2D eigenvalue weighted by Gasteiger charge is 2.25. The highest BCUT2D eigenvalue weighted by molar-refractivity contribution is 7.92. The van der Waals surface area contributed by atoms with E-state index in [4.69, 9.17) is 0 Å². The van der Waals surface area contributed by atoms with Crippen LogP contribution in [0.25, 0.3) is 0 Å². The van der Waals surface area contributed by atoms with Crippen molar-refractivity contribution < 1.29 is 17.6 Å². The monoisotopic (exact) mass is 424 g/mol. The lowest BCUT2D eigenvalue weighted by Crippen LogP contribution is -2.36. The van der Waals surface area contributed by atoms with Crippen LogP contribution in [0.4, 0.5) is 10.1 Å². The largest absolute Gasteiger partial charge is 0.334 e. The Hall–Kier alpha value is -3.19. The van der Waals surface area contributed by atoms with E-state index in [9.17, 15) is 17.6 Å². The van der Waals surface area contributed by atoms with Gasteiger partial charge in [0.2, 0.25) is 0 Å². The molecule has 3 aromatic carbocycles. The van der Waals surface area contributed by atoms with Gasteiger partial charge >= 0.3 is 0 Å². The average Bonchev–Trinajstić information content (AvgIpc) is 2.72. The van der Waals surface area contributed by atoms with Crippen LogP contribution in [0.5, 0.6) is 0 Å². The van der Waals surface area contributed by atoms with Gasteiger partial charge in [0.15, 0.2) is 0 Å². The van der Waals surface area contributed by atoms with E-state index in [1.165, 1.54) is 18.6 Å². The van der Waals surface area contributed by atoms with Gasteiger partial charge < -0.3 is 4.90 Å². The normalized spacial score (nSPS) is 13.6. The Morgan fingerprint density at radius 3 is 2.47 bits per heavy atom. The molecule has 154 valence electrons. The Balaban J connectivity index is 1.62. The molecule has 0 aliphatic carbocycles. The Bertz CT molecular complexity index is 1220. The van der Waals surface area contributed by atoms with E-state index in [1.807, 2.05) is 18.2 Å². The van der Waals surface area contributed by atoms with Gasteiger partial charge in [-0.2, -0.15) is 0 Å². The Morgan fingerprint density at radius 2 is 1.70 bits per heavy atom. The number of sulfonamides is 1. The summed E-state index contributed by atoms with van der Waals surface area (Å²) < 4.78 is 41.7. The van der Waals surface area contributed by atoms with Gasteiger partial charge in [0.25, 0.3) is 15.9 Å². The number of anilines is 1. The third-order valence-electron chi connectivity index (χ3n) is 5.25. The molecule has 5 nitrogen and oxygen atoms in total. The molecule has 0 spiro atoms. The van der Waals surface area contributed by atoms with Crippen LogP contribution in [0, 0.1) is 12.7 Å². The number of hydrogen-bond acceptors (Lipinski definition) is 3. The van der Waals surface area contributed by atoms with Gasteiger partial charge in [-0.3, -0.25) is 9.52 Å². The summed E-state index contributed by atoms with van der Waals surface area (Å²) in [5.41, 5.74) is 3.09. The summed E-state index contributed by atoms with van der Waals surface area (Å²) in [6.07, 6.45) is 0.755. The van der Waals surface area contributed by atoms with Crippen molar-refractivity contribution in [3.63, 3.8) is 0 Å². The molecule has 1 aliphatic heterocycles. The Kier molecular flexibility index (Phi) is 5.30. The predicted molar refractivity (Wildman–Crippen MR) is 113 cm³/mol. The molecule has 0 saturated heterocycles. The average molecular weight is 424 g/mol. The molecule has 3 aromatic rings. The lowest BCUT2D eigenvalue weighted by molar-refractivity contribution is 0.0736. The third kappa shape index (κ3) is 3.93. The zero-order chi connectivity index (χ0) is 21.3. The number of amides is 1. The van der Waals surface area contributed by atoms with Crippen LogP contribution in [0.3, 0.4) is 0 Å². The number of carbonyl (C=O) groups is 1. The lowest BCUT2D eigenvalue weighted by Gasteiger charge is -2.29. The van der Waals surface area contributed by atoms with Crippen molar-refractivity contribution in [1.29, 1.82) is 0 Å². The van der Waals surface area contributed by atoms with Crippen LogP contribution < -0.4 is 4.72 Å². The number of rotatable bonds is 4. The van der Waals surface area contributed by atoms with Crippen molar-refractivity contribution in [1.82, 2.24) is 4.90 Å². The lowest BCUT2D eigenvalue weighted by atomic mass is 9.99. The smallest absolute Gasteiger partial charge is 0.262 e. The third-order valence-corrected chi connectivity index (χ3v) is 6.77. The van der Waals surface area contributed by atoms with Crippen LogP contribution in [0.1, 0.15) is 27.0 Å². The summed E-state index contributed by atoms with van der Waals surface area (Å²) >= 11 is 0. The number of aryl methyl sites for hydroxylation is 1. The molecule has 1 N–H and O–H groups in total. The summed E-state index contributed by atoms with van der Waals surface area (Å²) in [5.74, 6) is -0.744. The molecule has 0 radical (unpaired) electrons. The van der Waals surface area contributed by atoms with Crippen molar-refractivity contribution in [2.45, 2.75) is 24.8 Å². The molecule has 1 heterocycles. The van der Waals surface area contributed by atoms with E-state index in [0.717, 1.165) is 24.1 Å². The molecule has 4 rings (SSSR count).